The van der Waals surface area contributed by atoms with Crippen molar-refractivity contribution in [1.29, 1.82) is 0 Å². The van der Waals surface area contributed by atoms with Gasteiger partial charge in [-0.1, -0.05) is 44.0 Å². The van der Waals surface area contributed by atoms with Crippen LogP contribution in [0.4, 0.5) is 0 Å². The number of aromatic nitrogens is 1. The Kier molecular flexibility index (Phi) is 3.28. The first kappa shape index (κ1) is 12.6. The molecule has 0 aliphatic heterocycles. The minimum Gasteiger partial charge on any atom is -0.321 e. The first-order valence-electron chi connectivity index (χ1n) is 7.32. The van der Waals surface area contributed by atoms with E-state index in [1.807, 2.05) is 12.3 Å². The summed E-state index contributed by atoms with van der Waals surface area (Å²) in [6.07, 6.45) is 7.77. The van der Waals surface area contributed by atoms with E-state index in [-0.39, 0.29) is 5.54 Å². The normalized spacial score (nSPS) is 28.2. The Bertz CT molecular complexity index is 573. The van der Waals surface area contributed by atoms with Crippen molar-refractivity contribution in [1.82, 2.24) is 4.98 Å². The molecule has 1 aliphatic carbocycles. The standard InChI is InChI=1S/C17H22N2/c1-13-5-3-10-17(18,11-9-13)15-8-2-6-14-7-4-12-19-16(14)15/h2,4,6-8,12-13H,3,5,9-11,18H2,1H3. The zero-order valence-corrected chi connectivity index (χ0v) is 11.6. The average Bonchev–Trinajstić information content (AvgIpc) is 2.61. The first-order valence-corrected chi connectivity index (χ1v) is 7.32. The molecule has 2 unspecified atom stereocenters. The minimum absolute atomic E-state index is 0.196. The second-order valence-electron chi connectivity index (χ2n) is 6.07. The maximum absolute atomic E-state index is 6.77. The van der Waals surface area contributed by atoms with Crippen molar-refractivity contribution in [3.8, 4) is 0 Å². The van der Waals surface area contributed by atoms with Crippen LogP contribution in [0.25, 0.3) is 10.9 Å². The van der Waals surface area contributed by atoms with Crippen LogP contribution < -0.4 is 5.73 Å². The lowest BCUT2D eigenvalue weighted by molar-refractivity contribution is 0.381. The van der Waals surface area contributed by atoms with Gasteiger partial charge >= 0.3 is 0 Å². The lowest BCUT2D eigenvalue weighted by Crippen LogP contribution is -2.36. The second-order valence-corrected chi connectivity index (χ2v) is 6.07. The highest BCUT2D eigenvalue weighted by atomic mass is 14.8. The molecule has 0 amide bonds. The van der Waals surface area contributed by atoms with Crippen LogP contribution in [0.5, 0.6) is 0 Å². The number of fused-ring (bicyclic) bond motifs is 1. The maximum atomic E-state index is 6.77. The van der Waals surface area contributed by atoms with Crippen molar-refractivity contribution in [2.75, 3.05) is 0 Å². The topological polar surface area (TPSA) is 38.9 Å². The van der Waals surface area contributed by atoms with Crippen molar-refractivity contribution in [2.24, 2.45) is 11.7 Å². The number of benzene rings is 1. The highest BCUT2D eigenvalue weighted by molar-refractivity contribution is 5.82. The Hall–Kier alpha value is -1.41. The summed E-state index contributed by atoms with van der Waals surface area (Å²) in [5.41, 5.74) is 8.89. The summed E-state index contributed by atoms with van der Waals surface area (Å²) < 4.78 is 0. The van der Waals surface area contributed by atoms with E-state index in [0.29, 0.717) is 0 Å². The van der Waals surface area contributed by atoms with E-state index in [0.717, 1.165) is 24.3 Å². The molecule has 1 aromatic carbocycles. The number of nitrogens with zero attached hydrogens (tertiary/aromatic N) is 1. The third-order valence-electron chi connectivity index (χ3n) is 4.57. The molecule has 19 heavy (non-hydrogen) atoms. The number of pyridine rings is 1. The van der Waals surface area contributed by atoms with Crippen LogP contribution >= 0.6 is 0 Å². The molecule has 2 aromatic rings. The molecule has 2 N–H and O–H groups in total. The Morgan fingerprint density at radius 3 is 2.89 bits per heavy atom. The van der Waals surface area contributed by atoms with Crippen LogP contribution in [0.15, 0.2) is 36.5 Å². The van der Waals surface area contributed by atoms with Gasteiger partial charge in [0.05, 0.1) is 5.52 Å². The molecule has 0 radical (unpaired) electrons. The quantitative estimate of drug-likeness (QED) is 0.781. The molecule has 100 valence electrons. The van der Waals surface area contributed by atoms with Crippen LogP contribution in [0.3, 0.4) is 0 Å². The van der Waals surface area contributed by atoms with Crippen molar-refractivity contribution >= 4 is 10.9 Å². The molecule has 0 bridgehead atoms. The van der Waals surface area contributed by atoms with Crippen molar-refractivity contribution in [3.63, 3.8) is 0 Å². The zero-order chi connectivity index (χ0) is 13.3. The van der Waals surface area contributed by atoms with E-state index in [1.54, 1.807) is 0 Å². The van der Waals surface area contributed by atoms with Gasteiger partial charge in [-0.3, -0.25) is 4.98 Å². The van der Waals surface area contributed by atoms with E-state index in [1.165, 1.54) is 30.2 Å². The second kappa shape index (κ2) is 4.93. The van der Waals surface area contributed by atoms with E-state index in [9.17, 15) is 0 Å². The van der Waals surface area contributed by atoms with E-state index in [4.69, 9.17) is 5.73 Å². The van der Waals surface area contributed by atoms with Crippen LogP contribution in [0, 0.1) is 5.92 Å². The summed E-state index contributed by atoms with van der Waals surface area (Å²) in [7, 11) is 0. The van der Waals surface area contributed by atoms with Gasteiger partial charge in [-0.15, -0.1) is 0 Å². The Balaban J connectivity index is 2.07. The zero-order valence-electron chi connectivity index (χ0n) is 11.6. The molecule has 0 saturated heterocycles. The predicted molar refractivity (Wildman–Crippen MR) is 79.9 cm³/mol. The Morgan fingerprint density at radius 1 is 1.16 bits per heavy atom. The number of nitrogens with two attached hydrogens (primary N) is 1. The van der Waals surface area contributed by atoms with Gasteiger partial charge in [-0.05, 0) is 36.8 Å². The lowest BCUT2D eigenvalue weighted by atomic mass is 9.82. The van der Waals surface area contributed by atoms with Crippen molar-refractivity contribution in [3.05, 3.63) is 42.1 Å². The number of rotatable bonds is 1. The van der Waals surface area contributed by atoms with Gasteiger partial charge in [0.15, 0.2) is 0 Å². The number of hydrogen-bond donors (Lipinski definition) is 1. The van der Waals surface area contributed by atoms with Gasteiger partial charge < -0.3 is 5.73 Å². The van der Waals surface area contributed by atoms with Crippen LogP contribution in [-0.2, 0) is 5.54 Å². The molecule has 1 saturated carbocycles. The highest BCUT2D eigenvalue weighted by Crippen LogP contribution is 2.38. The van der Waals surface area contributed by atoms with E-state index >= 15 is 0 Å². The molecule has 2 nitrogen and oxygen atoms in total. The molecule has 2 atom stereocenters. The summed E-state index contributed by atoms with van der Waals surface area (Å²) in [6, 6.07) is 10.5. The summed E-state index contributed by atoms with van der Waals surface area (Å²) >= 11 is 0. The third kappa shape index (κ3) is 2.37. The minimum atomic E-state index is -0.196. The fourth-order valence-electron chi connectivity index (χ4n) is 3.31. The molecule has 1 fully saturated rings. The maximum Gasteiger partial charge on any atom is 0.0752 e. The smallest absolute Gasteiger partial charge is 0.0752 e. The largest absolute Gasteiger partial charge is 0.321 e. The number of hydrogen-bond acceptors (Lipinski definition) is 2. The van der Waals surface area contributed by atoms with Crippen LogP contribution in [-0.4, -0.2) is 4.98 Å². The summed E-state index contributed by atoms with van der Waals surface area (Å²) in [6.45, 7) is 2.34. The van der Waals surface area contributed by atoms with Gasteiger partial charge in [0, 0.05) is 17.1 Å². The Morgan fingerprint density at radius 2 is 2.00 bits per heavy atom. The SMILES string of the molecule is CC1CCCC(N)(c2cccc3cccnc23)CC1. The molecule has 1 heterocycles. The molecule has 1 aromatic heterocycles. The van der Waals surface area contributed by atoms with E-state index in [2.05, 4.69) is 36.2 Å². The molecular formula is C17H22N2. The average molecular weight is 254 g/mol. The summed E-state index contributed by atoms with van der Waals surface area (Å²) in [5.74, 6) is 0.799. The van der Waals surface area contributed by atoms with Gasteiger partial charge in [0.1, 0.15) is 0 Å². The van der Waals surface area contributed by atoms with Crippen LogP contribution in [0.1, 0.15) is 44.6 Å². The first-order chi connectivity index (χ1) is 9.19. The van der Waals surface area contributed by atoms with Crippen molar-refractivity contribution in [2.45, 2.75) is 44.6 Å². The van der Waals surface area contributed by atoms with E-state index < -0.39 is 0 Å². The highest BCUT2D eigenvalue weighted by Gasteiger charge is 2.31. The third-order valence-corrected chi connectivity index (χ3v) is 4.57. The molecular weight excluding hydrogens is 232 g/mol. The fourth-order valence-corrected chi connectivity index (χ4v) is 3.31. The van der Waals surface area contributed by atoms with Gasteiger partial charge in [-0.25, -0.2) is 0 Å². The summed E-state index contributed by atoms with van der Waals surface area (Å²) in [4.78, 5) is 4.57. The predicted octanol–water partition coefficient (Wildman–Crippen LogP) is 3.99. The number of para-hydroxylation sites is 1. The molecule has 0 spiro atoms. The van der Waals surface area contributed by atoms with Gasteiger partial charge in [0.25, 0.3) is 0 Å². The van der Waals surface area contributed by atoms with Crippen LogP contribution in [0.2, 0.25) is 0 Å². The lowest BCUT2D eigenvalue weighted by Gasteiger charge is -2.29. The Labute approximate surface area is 115 Å². The fraction of sp³-hybridized carbons (Fsp3) is 0.471. The molecule has 1 aliphatic rings. The molecule has 3 rings (SSSR count). The van der Waals surface area contributed by atoms with Gasteiger partial charge in [0.2, 0.25) is 0 Å². The van der Waals surface area contributed by atoms with Gasteiger partial charge in [-0.2, -0.15) is 0 Å². The summed E-state index contributed by atoms with van der Waals surface area (Å²) in [5, 5.41) is 1.20. The monoisotopic (exact) mass is 254 g/mol. The molecule has 2 heteroatoms. The van der Waals surface area contributed by atoms with Crippen molar-refractivity contribution < 1.29 is 0 Å².